The molecule has 1 amide bonds. The predicted octanol–water partition coefficient (Wildman–Crippen LogP) is 1.33. The largest absolute Gasteiger partial charge is 0.269 e. The molecular weight excluding hydrogens is 250 g/mol. The number of nitrogens with zero attached hydrogens (tertiary/aromatic N) is 1. The Morgan fingerprint density at radius 2 is 2.00 bits per heavy atom. The van der Waals surface area contributed by atoms with Crippen LogP contribution in [0.4, 0.5) is 0 Å². The van der Waals surface area contributed by atoms with Crippen LogP contribution >= 0.6 is 0 Å². The second-order valence-electron chi connectivity index (χ2n) is 3.57. The molecule has 1 rings (SSSR count). The molecule has 0 spiro atoms. The van der Waals surface area contributed by atoms with Crippen molar-refractivity contribution in [2.45, 2.75) is 11.8 Å². The highest BCUT2D eigenvalue weighted by atomic mass is 32.2. The van der Waals surface area contributed by atoms with E-state index in [0.29, 0.717) is 4.31 Å². The fourth-order valence-corrected chi connectivity index (χ4v) is 2.59. The molecule has 0 aromatic heterocycles. The standard InChI is InChI=1S/C13H13NO3S/c1-4-10-14(13(15)5-2)18(16,17)12-8-6-11(3)7-9-12/h1,5-9H,2,10H2,3H3. The molecule has 0 aliphatic carbocycles. The molecule has 5 heteroatoms. The molecule has 0 heterocycles. The maximum atomic E-state index is 12.2. The molecule has 0 aliphatic rings. The Hall–Kier alpha value is -2.06. The van der Waals surface area contributed by atoms with Crippen molar-refractivity contribution in [3.63, 3.8) is 0 Å². The van der Waals surface area contributed by atoms with Crippen molar-refractivity contribution in [3.8, 4) is 12.3 Å². The van der Waals surface area contributed by atoms with Gasteiger partial charge in [0.05, 0.1) is 11.4 Å². The van der Waals surface area contributed by atoms with Gasteiger partial charge in [0, 0.05) is 0 Å². The van der Waals surface area contributed by atoms with Crippen molar-refractivity contribution < 1.29 is 13.2 Å². The Kier molecular flexibility index (Phi) is 4.29. The summed E-state index contributed by atoms with van der Waals surface area (Å²) in [7, 11) is -3.92. The van der Waals surface area contributed by atoms with E-state index in [1.165, 1.54) is 12.1 Å². The summed E-state index contributed by atoms with van der Waals surface area (Å²) >= 11 is 0. The molecule has 0 bridgehead atoms. The molecule has 1 aromatic carbocycles. The van der Waals surface area contributed by atoms with Gasteiger partial charge in [0.2, 0.25) is 0 Å². The summed E-state index contributed by atoms with van der Waals surface area (Å²) < 4.78 is 25.0. The molecule has 0 saturated heterocycles. The van der Waals surface area contributed by atoms with Crippen LogP contribution in [0.5, 0.6) is 0 Å². The molecule has 4 nitrogen and oxygen atoms in total. The van der Waals surface area contributed by atoms with Gasteiger partial charge >= 0.3 is 0 Å². The molecule has 18 heavy (non-hydrogen) atoms. The van der Waals surface area contributed by atoms with E-state index in [9.17, 15) is 13.2 Å². The minimum Gasteiger partial charge on any atom is -0.269 e. The lowest BCUT2D eigenvalue weighted by Crippen LogP contribution is -2.36. The first kappa shape index (κ1) is 14.0. The Balaban J connectivity index is 3.26. The summed E-state index contributed by atoms with van der Waals surface area (Å²) in [6.07, 6.45) is 6.00. The first-order valence-electron chi connectivity index (χ1n) is 5.12. The van der Waals surface area contributed by atoms with Crippen LogP contribution in [0, 0.1) is 19.3 Å². The number of hydrogen-bond donors (Lipinski definition) is 0. The number of sulfonamides is 1. The first-order chi connectivity index (χ1) is 8.43. The number of hydrogen-bond acceptors (Lipinski definition) is 3. The highest BCUT2D eigenvalue weighted by Crippen LogP contribution is 2.16. The average Bonchev–Trinajstić information content (AvgIpc) is 2.35. The number of aryl methyl sites for hydroxylation is 1. The molecule has 0 radical (unpaired) electrons. The number of carbonyl (C=O) groups is 1. The minimum absolute atomic E-state index is 0.0264. The lowest BCUT2D eigenvalue weighted by molar-refractivity contribution is -0.121. The summed E-state index contributed by atoms with van der Waals surface area (Å²) in [5.41, 5.74) is 0.924. The van der Waals surface area contributed by atoms with Crippen molar-refractivity contribution in [1.29, 1.82) is 0 Å². The third-order valence-electron chi connectivity index (χ3n) is 2.26. The van der Waals surface area contributed by atoms with Gasteiger partial charge in [0.15, 0.2) is 0 Å². The summed E-state index contributed by atoms with van der Waals surface area (Å²) in [6.45, 7) is 4.78. The zero-order valence-corrected chi connectivity index (χ0v) is 10.8. The Labute approximate surface area is 107 Å². The highest BCUT2D eigenvalue weighted by Gasteiger charge is 2.26. The fourth-order valence-electron chi connectivity index (χ4n) is 1.30. The summed E-state index contributed by atoms with van der Waals surface area (Å²) in [6, 6.07) is 6.17. The molecule has 0 aliphatic heterocycles. The minimum atomic E-state index is -3.92. The molecular formula is C13H13NO3S. The summed E-state index contributed by atoms with van der Waals surface area (Å²) in [4.78, 5) is 11.5. The van der Waals surface area contributed by atoms with Gasteiger partial charge < -0.3 is 0 Å². The van der Waals surface area contributed by atoms with Gasteiger partial charge in [-0.25, -0.2) is 12.7 Å². The van der Waals surface area contributed by atoms with Crippen molar-refractivity contribution in [3.05, 3.63) is 42.5 Å². The van der Waals surface area contributed by atoms with Gasteiger partial charge in [-0.3, -0.25) is 4.79 Å². The van der Waals surface area contributed by atoms with Crippen molar-refractivity contribution in [1.82, 2.24) is 4.31 Å². The number of benzene rings is 1. The monoisotopic (exact) mass is 263 g/mol. The zero-order valence-electron chi connectivity index (χ0n) is 9.96. The third kappa shape index (κ3) is 2.79. The van der Waals surface area contributed by atoms with Gasteiger partial charge in [-0.15, -0.1) is 6.42 Å². The van der Waals surface area contributed by atoms with Crippen molar-refractivity contribution in [2.24, 2.45) is 0 Å². The molecule has 0 atom stereocenters. The molecule has 94 valence electrons. The molecule has 0 saturated carbocycles. The average molecular weight is 263 g/mol. The smallest absolute Gasteiger partial charge is 0.267 e. The third-order valence-corrected chi connectivity index (χ3v) is 4.02. The van der Waals surface area contributed by atoms with Gasteiger partial charge in [-0.2, -0.15) is 0 Å². The number of amides is 1. The SMILES string of the molecule is C#CCN(C(=O)C=C)S(=O)(=O)c1ccc(C)cc1. The second kappa shape index (κ2) is 5.52. The van der Waals surface area contributed by atoms with E-state index in [1.807, 2.05) is 6.92 Å². The summed E-state index contributed by atoms with van der Waals surface area (Å²) in [5.74, 6) is 1.41. The van der Waals surface area contributed by atoms with Crippen molar-refractivity contribution >= 4 is 15.9 Å². The summed E-state index contributed by atoms with van der Waals surface area (Å²) in [5, 5.41) is 0. The maximum absolute atomic E-state index is 12.2. The van der Waals surface area contributed by atoms with Crippen LogP contribution in [0.25, 0.3) is 0 Å². The van der Waals surface area contributed by atoms with E-state index in [2.05, 4.69) is 12.5 Å². The van der Waals surface area contributed by atoms with E-state index >= 15 is 0 Å². The van der Waals surface area contributed by atoms with E-state index in [0.717, 1.165) is 11.6 Å². The van der Waals surface area contributed by atoms with Crippen LogP contribution < -0.4 is 0 Å². The predicted molar refractivity (Wildman–Crippen MR) is 69.1 cm³/mol. The lowest BCUT2D eigenvalue weighted by atomic mass is 10.2. The van der Waals surface area contributed by atoms with Gasteiger partial charge in [0.1, 0.15) is 0 Å². The van der Waals surface area contributed by atoms with Crippen LogP contribution in [-0.2, 0) is 14.8 Å². The molecule has 1 aromatic rings. The molecule has 0 unspecified atom stereocenters. The number of terminal acetylenes is 1. The van der Waals surface area contributed by atoms with Gasteiger partial charge in [-0.1, -0.05) is 30.2 Å². The van der Waals surface area contributed by atoms with Crippen molar-refractivity contribution in [2.75, 3.05) is 6.54 Å². The van der Waals surface area contributed by atoms with E-state index in [4.69, 9.17) is 6.42 Å². The van der Waals surface area contributed by atoms with Gasteiger partial charge in [0.25, 0.3) is 15.9 Å². The highest BCUT2D eigenvalue weighted by molar-refractivity contribution is 7.89. The van der Waals surface area contributed by atoms with Crippen LogP contribution in [0.2, 0.25) is 0 Å². The zero-order chi connectivity index (χ0) is 13.8. The van der Waals surface area contributed by atoms with Crippen LogP contribution in [-0.4, -0.2) is 25.2 Å². The van der Waals surface area contributed by atoms with E-state index in [1.54, 1.807) is 12.1 Å². The quantitative estimate of drug-likeness (QED) is 0.608. The molecule has 0 N–H and O–H groups in total. The number of carbonyl (C=O) groups excluding carboxylic acids is 1. The Bertz CT molecular complexity index is 594. The van der Waals surface area contributed by atoms with E-state index in [-0.39, 0.29) is 11.4 Å². The first-order valence-corrected chi connectivity index (χ1v) is 6.56. The maximum Gasteiger partial charge on any atom is 0.267 e. The lowest BCUT2D eigenvalue weighted by Gasteiger charge is -2.18. The Morgan fingerprint density at radius 1 is 1.44 bits per heavy atom. The van der Waals surface area contributed by atoms with Gasteiger partial charge in [-0.05, 0) is 25.1 Å². The number of rotatable bonds is 4. The van der Waals surface area contributed by atoms with E-state index < -0.39 is 15.9 Å². The van der Waals surface area contributed by atoms with Crippen LogP contribution in [0.1, 0.15) is 5.56 Å². The fraction of sp³-hybridized carbons (Fsp3) is 0.154. The van der Waals surface area contributed by atoms with Crippen LogP contribution in [0.15, 0.2) is 41.8 Å². The molecule has 0 fully saturated rings. The second-order valence-corrected chi connectivity index (χ2v) is 5.43. The topological polar surface area (TPSA) is 54.5 Å². The Morgan fingerprint density at radius 3 is 2.44 bits per heavy atom. The normalized spacial score (nSPS) is 10.4. The van der Waals surface area contributed by atoms with Crippen LogP contribution in [0.3, 0.4) is 0 Å².